The van der Waals surface area contributed by atoms with Crippen LogP contribution < -0.4 is 19.9 Å². The molecule has 7 heteroatoms. The summed E-state index contributed by atoms with van der Waals surface area (Å²) in [5, 5.41) is 2.98. The molecule has 0 radical (unpaired) electrons. The number of benzene rings is 2. The number of methoxy groups -OCH3 is 1. The average Bonchev–Trinajstić information content (AvgIpc) is 3.06. The van der Waals surface area contributed by atoms with E-state index in [0.29, 0.717) is 13.1 Å². The minimum absolute atomic E-state index is 0.133. The van der Waals surface area contributed by atoms with Gasteiger partial charge in [0.2, 0.25) is 0 Å². The van der Waals surface area contributed by atoms with E-state index in [1.54, 1.807) is 7.11 Å². The fourth-order valence-electron chi connectivity index (χ4n) is 4.68. The number of hydrogen-bond donors (Lipinski definition) is 3. The average molecular weight is 425 g/mol. The standard InChI is InChI=1S/C24H30N4O3/c1-3-24(20-7-5-4-6-8-20)22(29)28(23(30)25-24)18-27-15-13-26(14-16-27)17-19-9-11-21(31-2)12-10-19/h4-12H,3,13-18H2,1-2H3,(H,25,30)/p+2/t24-/m0/s1. The fourth-order valence-corrected chi connectivity index (χ4v) is 4.68. The van der Waals surface area contributed by atoms with Crippen molar-refractivity contribution in [2.45, 2.75) is 25.4 Å². The SMILES string of the molecule is CC[C@@]1(c2ccccc2)NC(=O)N(C[NH+]2CC[NH+](Cc3ccc(OC)cc3)CC2)C1=O. The monoisotopic (exact) mass is 424 g/mol. The van der Waals surface area contributed by atoms with Crippen molar-refractivity contribution in [2.75, 3.05) is 40.0 Å². The van der Waals surface area contributed by atoms with Gasteiger partial charge in [0.05, 0.1) is 7.11 Å². The molecular formula is C24H32N4O3+2. The van der Waals surface area contributed by atoms with Gasteiger partial charge in [0.25, 0.3) is 5.91 Å². The van der Waals surface area contributed by atoms with E-state index >= 15 is 0 Å². The van der Waals surface area contributed by atoms with Crippen LogP contribution in [0.25, 0.3) is 0 Å². The molecule has 2 fully saturated rings. The summed E-state index contributed by atoms with van der Waals surface area (Å²) in [6, 6.07) is 17.5. The topological polar surface area (TPSA) is 67.5 Å². The summed E-state index contributed by atoms with van der Waals surface area (Å²) in [4.78, 5) is 30.3. The van der Waals surface area contributed by atoms with Crippen LogP contribution in [0.15, 0.2) is 54.6 Å². The summed E-state index contributed by atoms with van der Waals surface area (Å²) in [6.45, 7) is 7.26. The lowest BCUT2D eigenvalue weighted by Crippen LogP contribution is -3.28. The zero-order valence-electron chi connectivity index (χ0n) is 18.3. The molecule has 31 heavy (non-hydrogen) atoms. The first-order valence-corrected chi connectivity index (χ1v) is 11.1. The Morgan fingerprint density at radius 2 is 1.61 bits per heavy atom. The molecule has 0 aliphatic carbocycles. The molecule has 0 aromatic heterocycles. The fraction of sp³-hybridized carbons (Fsp3) is 0.417. The number of urea groups is 1. The second kappa shape index (κ2) is 9.08. The Balaban J connectivity index is 1.35. The maximum Gasteiger partial charge on any atom is 0.329 e. The Morgan fingerprint density at radius 1 is 0.968 bits per heavy atom. The largest absolute Gasteiger partial charge is 0.497 e. The highest BCUT2D eigenvalue weighted by Crippen LogP contribution is 2.31. The number of nitrogens with zero attached hydrogens (tertiary/aromatic N) is 1. The summed E-state index contributed by atoms with van der Waals surface area (Å²) >= 11 is 0. The van der Waals surface area contributed by atoms with E-state index in [4.69, 9.17) is 4.74 Å². The van der Waals surface area contributed by atoms with Crippen LogP contribution in [-0.4, -0.2) is 56.8 Å². The summed E-state index contributed by atoms with van der Waals surface area (Å²) in [7, 11) is 1.68. The normalized spacial score (nSPS) is 26.1. The Labute approximate surface area is 183 Å². The van der Waals surface area contributed by atoms with E-state index in [2.05, 4.69) is 17.4 Å². The van der Waals surface area contributed by atoms with Gasteiger partial charge in [0.15, 0.2) is 6.67 Å². The van der Waals surface area contributed by atoms with Gasteiger partial charge in [-0.05, 0) is 36.2 Å². The molecule has 4 rings (SSSR count). The van der Waals surface area contributed by atoms with Crippen LogP contribution >= 0.6 is 0 Å². The van der Waals surface area contributed by atoms with Gasteiger partial charge >= 0.3 is 6.03 Å². The first-order chi connectivity index (χ1) is 15.1. The van der Waals surface area contributed by atoms with Gasteiger partial charge in [-0.15, -0.1) is 0 Å². The van der Waals surface area contributed by atoms with E-state index in [1.807, 2.05) is 49.4 Å². The molecule has 164 valence electrons. The Hall–Kier alpha value is -2.90. The molecule has 7 nitrogen and oxygen atoms in total. The van der Waals surface area contributed by atoms with Gasteiger partial charge < -0.3 is 19.9 Å². The number of imide groups is 1. The van der Waals surface area contributed by atoms with Crippen molar-refractivity contribution in [1.29, 1.82) is 0 Å². The summed E-state index contributed by atoms with van der Waals surface area (Å²) in [5.41, 5.74) is 1.20. The van der Waals surface area contributed by atoms with Crippen LogP contribution in [0.5, 0.6) is 5.75 Å². The molecule has 0 spiro atoms. The smallest absolute Gasteiger partial charge is 0.329 e. The molecule has 2 aromatic carbocycles. The number of rotatable bonds is 7. The van der Waals surface area contributed by atoms with Crippen LogP contribution in [0.1, 0.15) is 24.5 Å². The van der Waals surface area contributed by atoms with Gasteiger partial charge in [0.1, 0.15) is 44.0 Å². The van der Waals surface area contributed by atoms with E-state index < -0.39 is 5.54 Å². The zero-order chi connectivity index (χ0) is 21.8. The van der Waals surface area contributed by atoms with Crippen molar-refractivity contribution in [2.24, 2.45) is 0 Å². The predicted octanol–water partition coefficient (Wildman–Crippen LogP) is -0.207. The molecule has 1 atom stereocenters. The quantitative estimate of drug-likeness (QED) is 0.539. The second-order valence-corrected chi connectivity index (χ2v) is 8.47. The van der Waals surface area contributed by atoms with Crippen molar-refractivity contribution in [3.8, 4) is 5.75 Å². The maximum absolute atomic E-state index is 13.3. The first-order valence-electron chi connectivity index (χ1n) is 11.1. The number of ether oxygens (including phenoxy) is 1. The molecule has 2 aliphatic heterocycles. The molecule has 3 amide bonds. The number of carbonyl (C=O) groups excluding carboxylic acids is 2. The number of carbonyl (C=O) groups is 2. The third kappa shape index (κ3) is 4.29. The van der Waals surface area contributed by atoms with Crippen molar-refractivity contribution in [3.05, 3.63) is 65.7 Å². The number of hydrogen-bond acceptors (Lipinski definition) is 3. The minimum Gasteiger partial charge on any atom is -0.497 e. The van der Waals surface area contributed by atoms with Crippen molar-refractivity contribution in [1.82, 2.24) is 10.2 Å². The molecule has 0 bridgehead atoms. The third-order valence-corrected chi connectivity index (χ3v) is 6.63. The number of nitrogens with one attached hydrogen (secondary N) is 3. The van der Waals surface area contributed by atoms with E-state index in [0.717, 1.165) is 44.0 Å². The molecule has 2 heterocycles. The number of amides is 3. The molecule has 0 unspecified atom stereocenters. The van der Waals surface area contributed by atoms with Crippen molar-refractivity contribution in [3.63, 3.8) is 0 Å². The molecule has 3 N–H and O–H groups in total. The predicted molar refractivity (Wildman–Crippen MR) is 117 cm³/mol. The zero-order valence-corrected chi connectivity index (χ0v) is 18.3. The Bertz CT molecular complexity index is 910. The highest BCUT2D eigenvalue weighted by Gasteiger charge is 2.52. The van der Waals surface area contributed by atoms with Crippen LogP contribution in [0.3, 0.4) is 0 Å². The molecule has 2 saturated heterocycles. The molecule has 2 aliphatic rings. The highest BCUT2D eigenvalue weighted by atomic mass is 16.5. The van der Waals surface area contributed by atoms with Crippen LogP contribution in [0.4, 0.5) is 4.79 Å². The number of quaternary nitrogens is 2. The van der Waals surface area contributed by atoms with Crippen molar-refractivity contribution < 1.29 is 24.1 Å². The first kappa shape index (κ1) is 21.3. The summed E-state index contributed by atoms with van der Waals surface area (Å²) < 4.78 is 5.23. The van der Waals surface area contributed by atoms with E-state index in [1.165, 1.54) is 20.3 Å². The molecule has 0 saturated carbocycles. The lowest BCUT2D eigenvalue weighted by atomic mass is 9.87. The van der Waals surface area contributed by atoms with E-state index in [9.17, 15) is 9.59 Å². The van der Waals surface area contributed by atoms with Crippen LogP contribution in [0, 0.1) is 0 Å². The summed E-state index contributed by atoms with van der Waals surface area (Å²) in [6.07, 6.45) is 0.535. The van der Waals surface area contributed by atoms with Gasteiger partial charge in [-0.1, -0.05) is 37.3 Å². The lowest BCUT2D eigenvalue weighted by Gasteiger charge is -2.31. The van der Waals surface area contributed by atoms with Gasteiger partial charge in [-0.25, -0.2) is 9.69 Å². The van der Waals surface area contributed by atoms with Gasteiger partial charge in [-0.2, -0.15) is 0 Å². The maximum atomic E-state index is 13.3. The van der Waals surface area contributed by atoms with Crippen molar-refractivity contribution >= 4 is 11.9 Å². The molecular weight excluding hydrogens is 392 g/mol. The second-order valence-electron chi connectivity index (χ2n) is 8.47. The van der Waals surface area contributed by atoms with Crippen LogP contribution in [-0.2, 0) is 16.9 Å². The highest BCUT2D eigenvalue weighted by molar-refractivity contribution is 6.07. The lowest BCUT2D eigenvalue weighted by molar-refractivity contribution is -1.02. The van der Waals surface area contributed by atoms with Crippen LogP contribution in [0.2, 0.25) is 0 Å². The van der Waals surface area contributed by atoms with Gasteiger partial charge in [0, 0.05) is 5.56 Å². The summed E-state index contributed by atoms with van der Waals surface area (Å²) in [5.74, 6) is 0.743. The third-order valence-electron chi connectivity index (χ3n) is 6.63. The molecule has 2 aromatic rings. The Kier molecular flexibility index (Phi) is 6.25. The minimum atomic E-state index is -0.945. The number of piperazine rings is 1. The Morgan fingerprint density at radius 3 is 2.23 bits per heavy atom. The van der Waals surface area contributed by atoms with E-state index in [-0.39, 0.29) is 11.9 Å². The van der Waals surface area contributed by atoms with Gasteiger partial charge in [-0.3, -0.25) is 4.79 Å².